The van der Waals surface area contributed by atoms with E-state index in [0.717, 1.165) is 54.8 Å². The third kappa shape index (κ3) is 4.73. The van der Waals surface area contributed by atoms with Crippen molar-refractivity contribution in [3.8, 4) is 11.8 Å². The molecule has 9 heteroatoms. The molecule has 0 saturated carbocycles. The van der Waals surface area contributed by atoms with Crippen molar-refractivity contribution in [1.82, 2.24) is 19.7 Å². The number of nitrogens with one attached hydrogen (secondary N) is 1. The largest absolute Gasteiger partial charge is 0.390 e. The van der Waals surface area contributed by atoms with Crippen molar-refractivity contribution in [2.24, 2.45) is 11.1 Å². The van der Waals surface area contributed by atoms with Crippen LogP contribution in [0.4, 0.5) is 11.5 Å². The number of hydrogen-bond donors (Lipinski definition) is 3. The van der Waals surface area contributed by atoms with Crippen molar-refractivity contribution in [3.63, 3.8) is 0 Å². The first kappa shape index (κ1) is 25.0. The highest BCUT2D eigenvalue weighted by atomic mass is 16.3. The van der Waals surface area contributed by atoms with Gasteiger partial charge in [-0.3, -0.25) is 9.48 Å². The van der Waals surface area contributed by atoms with Crippen molar-refractivity contribution in [1.29, 1.82) is 0 Å². The number of nitrogens with zero attached hydrogens (tertiary/aromatic N) is 5. The molecule has 4 aromatic rings. The van der Waals surface area contributed by atoms with Gasteiger partial charge in [0.25, 0.3) is 0 Å². The third-order valence-electron chi connectivity index (χ3n) is 8.03. The standard InChI is InChI=1S/C30H31N7O2/c1-20(39)34-23-8-9-27-22(15-23)17-33-37(27)12-4-6-24-18-32-29(26(19-38)35-24)36-13-10-30(11-14-36)16-21-5-2-3-7-25(21)28(30)31/h2-3,5,7-9,15,17-18,28,38H,10-14,16,19,31H2,1H3,(H,34,39)/t28-/m1/s1. The number of fused-ring (bicyclic) bond motifs is 2. The van der Waals surface area contributed by atoms with E-state index in [1.165, 1.54) is 18.1 Å². The number of anilines is 2. The Bertz CT molecular complexity index is 1610. The number of aromatic nitrogens is 4. The Hall–Kier alpha value is -4.26. The summed E-state index contributed by atoms with van der Waals surface area (Å²) in [5, 5.41) is 18.2. The first-order valence-electron chi connectivity index (χ1n) is 13.2. The Labute approximate surface area is 227 Å². The fraction of sp³-hybridized carbons (Fsp3) is 0.333. The first-order chi connectivity index (χ1) is 19.0. The molecule has 1 amide bonds. The monoisotopic (exact) mass is 521 g/mol. The Morgan fingerprint density at radius 3 is 2.79 bits per heavy atom. The van der Waals surface area contributed by atoms with Gasteiger partial charge in [0.15, 0.2) is 5.82 Å². The van der Waals surface area contributed by atoms with Crippen LogP contribution in [-0.4, -0.2) is 43.9 Å². The summed E-state index contributed by atoms with van der Waals surface area (Å²) in [5.74, 6) is 6.77. The molecule has 4 N–H and O–H groups in total. The van der Waals surface area contributed by atoms with E-state index < -0.39 is 0 Å². The summed E-state index contributed by atoms with van der Waals surface area (Å²) in [4.78, 5) is 22.8. The molecule has 0 bridgehead atoms. The molecule has 6 rings (SSSR count). The van der Waals surface area contributed by atoms with Gasteiger partial charge in [-0.25, -0.2) is 9.97 Å². The molecular formula is C30H31N7O2. The van der Waals surface area contributed by atoms with Gasteiger partial charge in [0.2, 0.25) is 5.91 Å². The fourth-order valence-electron chi connectivity index (χ4n) is 6.02. The van der Waals surface area contributed by atoms with Crippen LogP contribution in [0.2, 0.25) is 0 Å². The summed E-state index contributed by atoms with van der Waals surface area (Å²) >= 11 is 0. The Kier molecular flexibility index (Phi) is 6.51. The topological polar surface area (TPSA) is 122 Å². The lowest BCUT2D eigenvalue weighted by molar-refractivity contribution is -0.114. The zero-order valence-corrected chi connectivity index (χ0v) is 21.9. The number of aliphatic hydroxyl groups excluding tert-OH is 1. The van der Waals surface area contributed by atoms with Crippen LogP contribution < -0.4 is 16.0 Å². The van der Waals surface area contributed by atoms with Crippen molar-refractivity contribution in [3.05, 3.63) is 77.4 Å². The minimum absolute atomic E-state index is 0.0584. The maximum Gasteiger partial charge on any atom is 0.221 e. The van der Waals surface area contributed by atoms with Crippen molar-refractivity contribution < 1.29 is 9.90 Å². The van der Waals surface area contributed by atoms with Crippen LogP contribution in [0.25, 0.3) is 10.9 Å². The predicted molar refractivity (Wildman–Crippen MR) is 150 cm³/mol. The van der Waals surface area contributed by atoms with E-state index >= 15 is 0 Å². The molecular weight excluding hydrogens is 490 g/mol. The number of benzene rings is 2. The van der Waals surface area contributed by atoms with Crippen molar-refractivity contribution in [2.45, 2.75) is 45.4 Å². The number of aliphatic hydroxyl groups is 1. The van der Waals surface area contributed by atoms with Crippen LogP contribution in [0.3, 0.4) is 0 Å². The van der Waals surface area contributed by atoms with Crippen LogP contribution in [-0.2, 0) is 24.4 Å². The van der Waals surface area contributed by atoms with E-state index in [2.05, 4.69) is 61.4 Å². The number of carbonyl (C=O) groups is 1. The zero-order valence-electron chi connectivity index (χ0n) is 21.9. The van der Waals surface area contributed by atoms with E-state index in [9.17, 15) is 9.90 Å². The van der Waals surface area contributed by atoms with Crippen molar-refractivity contribution >= 4 is 28.3 Å². The molecule has 2 aliphatic rings. The molecule has 3 heterocycles. The minimum atomic E-state index is -0.203. The van der Waals surface area contributed by atoms with Crippen LogP contribution >= 0.6 is 0 Å². The van der Waals surface area contributed by atoms with E-state index in [4.69, 9.17) is 5.73 Å². The van der Waals surface area contributed by atoms with E-state index in [1.807, 2.05) is 18.2 Å². The van der Waals surface area contributed by atoms with Crippen molar-refractivity contribution in [2.75, 3.05) is 23.3 Å². The number of rotatable bonds is 4. The first-order valence-corrected chi connectivity index (χ1v) is 13.2. The Balaban J connectivity index is 1.13. The number of carbonyl (C=O) groups excluding carboxylic acids is 1. The number of nitrogens with two attached hydrogens (primary N) is 1. The molecule has 2 aromatic carbocycles. The SMILES string of the molecule is CC(=O)Nc1ccc2c(cnn2CC#Cc2cnc(N3CCC4(CC3)Cc3ccccc3[C@H]4N)c(CO)n2)c1. The maximum atomic E-state index is 11.3. The molecule has 1 atom stereocenters. The molecule has 0 unspecified atom stereocenters. The molecule has 1 saturated heterocycles. The Morgan fingerprint density at radius 1 is 1.21 bits per heavy atom. The van der Waals surface area contributed by atoms with Gasteiger partial charge in [0.1, 0.15) is 17.9 Å². The van der Waals surface area contributed by atoms with Gasteiger partial charge in [0.05, 0.1) is 24.5 Å². The van der Waals surface area contributed by atoms with Gasteiger partial charge < -0.3 is 21.1 Å². The van der Waals surface area contributed by atoms with Crippen LogP contribution in [0, 0.1) is 17.3 Å². The molecule has 1 spiro atoms. The van der Waals surface area contributed by atoms with Crippen LogP contribution in [0.15, 0.2) is 54.9 Å². The second-order valence-electron chi connectivity index (χ2n) is 10.4. The Morgan fingerprint density at radius 2 is 2.03 bits per heavy atom. The molecule has 1 aliphatic heterocycles. The third-order valence-corrected chi connectivity index (χ3v) is 8.03. The smallest absolute Gasteiger partial charge is 0.221 e. The highest BCUT2D eigenvalue weighted by molar-refractivity contribution is 5.92. The highest BCUT2D eigenvalue weighted by Gasteiger charge is 2.46. The van der Waals surface area contributed by atoms with Gasteiger partial charge in [-0.05, 0) is 59.9 Å². The average Bonchev–Trinajstić information content (AvgIpc) is 3.46. The summed E-state index contributed by atoms with van der Waals surface area (Å²) in [7, 11) is 0. The van der Waals surface area contributed by atoms with E-state index in [1.54, 1.807) is 17.1 Å². The summed E-state index contributed by atoms with van der Waals surface area (Å²) in [5.41, 5.74) is 12.2. The quantitative estimate of drug-likeness (QED) is 0.353. The van der Waals surface area contributed by atoms with Crippen LogP contribution in [0.5, 0.6) is 0 Å². The van der Waals surface area contributed by atoms with E-state index in [-0.39, 0.29) is 24.0 Å². The summed E-state index contributed by atoms with van der Waals surface area (Å²) in [6, 6.07) is 14.2. The second kappa shape index (κ2) is 10.1. The zero-order chi connectivity index (χ0) is 27.0. The minimum Gasteiger partial charge on any atom is -0.390 e. The lowest BCUT2D eigenvalue weighted by Crippen LogP contribution is -2.45. The number of hydrogen-bond acceptors (Lipinski definition) is 7. The van der Waals surface area contributed by atoms with E-state index in [0.29, 0.717) is 17.9 Å². The molecule has 9 nitrogen and oxygen atoms in total. The summed E-state index contributed by atoms with van der Waals surface area (Å²) in [6.07, 6.45) is 6.39. The molecule has 2 aromatic heterocycles. The van der Waals surface area contributed by atoms with Gasteiger partial charge in [-0.1, -0.05) is 30.2 Å². The average molecular weight is 522 g/mol. The summed E-state index contributed by atoms with van der Waals surface area (Å²) in [6.45, 7) is 3.30. The van der Waals surface area contributed by atoms with Gasteiger partial charge in [0, 0.05) is 37.1 Å². The van der Waals surface area contributed by atoms with Gasteiger partial charge in [-0.15, -0.1) is 0 Å². The van der Waals surface area contributed by atoms with Crippen LogP contribution in [0.1, 0.15) is 48.3 Å². The molecule has 0 radical (unpaired) electrons. The predicted octanol–water partition coefficient (Wildman–Crippen LogP) is 3.17. The normalized spacial score (nSPS) is 17.6. The lowest BCUT2D eigenvalue weighted by Gasteiger charge is -2.42. The molecule has 198 valence electrons. The summed E-state index contributed by atoms with van der Waals surface area (Å²) < 4.78 is 1.80. The molecule has 1 fully saturated rings. The number of amides is 1. The molecule has 1 aliphatic carbocycles. The highest BCUT2D eigenvalue weighted by Crippen LogP contribution is 2.51. The van der Waals surface area contributed by atoms with Gasteiger partial charge >= 0.3 is 0 Å². The lowest BCUT2D eigenvalue weighted by atomic mass is 9.73. The number of piperidine rings is 1. The van der Waals surface area contributed by atoms with Gasteiger partial charge in [-0.2, -0.15) is 5.10 Å². The second-order valence-corrected chi connectivity index (χ2v) is 10.4. The fourth-order valence-corrected chi connectivity index (χ4v) is 6.02. The molecule has 39 heavy (non-hydrogen) atoms. The maximum absolute atomic E-state index is 11.3.